The topological polar surface area (TPSA) is 86.1 Å². The van der Waals surface area contributed by atoms with Crippen LogP contribution in [0, 0.1) is 0 Å². The van der Waals surface area contributed by atoms with Gasteiger partial charge in [-0.3, -0.25) is 9.59 Å². The van der Waals surface area contributed by atoms with Crippen molar-refractivity contribution >= 4 is 38.9 Å². The molecule has 7 nitrogen and oxygen atoms in total. The second kappa shape index (κ2) is 6.62. The molecule has 0 radical (unpaired) electrons. The monoisotopic (exact) mass is 358 g/mol. The van der Waals surface area contributed by atoms with Crippen LogP contribution in [0.4, 0.5) is 5.69 Å². The van der Waals surface area contributed by atoms with Gasteiger partial charge in [-0.2, -0.15) is 5.10 Å². The van der Waals surface area contributed by atoms with Crippen LogP contribution < -0.4 is 10.9 Å². The number of aromatic nitrogens is 3. The minimum absolute atomic E-state index is 0.222. The molecular formula is C11H11BrN4O3S. The Morgan fingerprint density at radius 3 is 3.05 bits per heavy atom. The molecule has 20 heavy (non-hydrogen) atoms. The van der Waals surface area contributed by atoms with Crippen LogP contribution in [0.5, 0.6) is 0 Å². The van der Waals surface area contributed by atoms with Gasteiger partial charge in [-0.25, -0.2) is 9.67 Å². The zero-order chi connectivity index (χ0) is 14.5. The first-order valence-electron chi connectivity index (χ1n) is 5.55. The minimum Gasteiger partial charge on any atom is -0.468 e. The number of ether oxygens (including phenoxy) is 1. The molecule has 0 aliphatic carbocycles. The van der Waals surface area contributed by atoms with Crippen molar-refractivity contribution in [3.63, 3.8) is 0 Å². The molecule has 0 spiro atoms. The molecule has 0 atom stereocenters. The Morgan fingerprint density at radius 2 is 2.40 bits per heavy atom. The molecule has 2 aromatic heterocycles. The number of thiazole rings is 1. The van der Waals surface area contributed by atoms with Crippen molar-refractivity contribution in [3.05, 3.63) is 37.6 Å². The summed E-state index contributed by atoms with van der Waals surface area (Å²) < 4.78 is 5.84. The first-order chi connectivity index (χ1) is 9.61. The molecule has 0 aliphatic heterocycles. The summed E-state index contributed by atoms with van der Waals surface area (Å²) in [7, 11) is 1.26. The van der Waals surface area contributed by atoms with Crippen molar-refractivity contribution in [2.75, 3.05) is 12.4 Å². The summed E-state index contributed by atoms with van der Waals surface area (Å²) in [5.74, 6) is -0.533. The zero-order valence-corrected chi connectivity index (χ0v) is 12.9. The number of carbonyl (C=O) groups is 1. The molecule has 0 aliphatic rings. The predicted octanol–water partition coefficient (Wildman–Crippen LogP) is 1.25. The summed E-state index contributed by atoms with van der Waals surface area (Å²) in [5, 5.41) is 8.89. The predicted molar refractivity (Wildman–Crippen MR) is 77.7 cm³/mol. The van der Waals surface area contributed by atoms with Gasteiger partial charge in [0.25, 0.3) is 5.56 Å². The smallest absolute Gasteiger partial charge is 0.327 e. The Labute approximate surface area is 126 Å². The normalized spacial score (nSPS) is 10.3. The molecule has 0 aromatic carbocycles. The third-order valence-electron chi connectivity index (χ3n) is 2.43. The van der Waals surface area contributed by atoms with Crippen molar-refractivity contribution < 1.29 is 9.53 Å². The molecular weight excluding hydrogens is 348 g/mol. The maximum atomic E-state index is 12.0. The maximum absolute atomic E-state index is 12.0. The lowest BCUT2D eigenvalue weighted by Gasteiger charge is -2.09. The molecule has 2 heterocycles. The van der Waals surface area contributed by atoms with Crippen LogP contribution in [0.1, 0.15) is 5.69 Å². The number of halogens is 1. The molecule has 106 valence electrons. The second-order valence-corrected chi connectivity index (χ2v) is 5.26. The summed E-state index contributed by atoms with van der Waals surface area (Å²) in [6.07, 6.45) is 1.47. The molecule has 9 heteroatoms. The van der Waals surface area contributed by atoms with E-state index in [9.17, 15) is 9.59 Å². The number of hydrogen-bond acceptors (Lipinski definition) is 7. The molecule has 0 amide bonds. The second-order valence-electron chi connectivity index (χ2n) is 3.74. The standard InChI is InChI=1S/C11H11BrN4O3S/c1-19-9(17)4-16-11(18)10(12)8(3-15-16)13-2-7-5-20-6-14-7/h3,5-6,13H,2,4H2,1H3. The highest BCUT2D eigenvalue weighted by molar-refractivity contribution is 9.10. The average molecular weight is 359 g/mol. The van der Waals surface area contributed by atoms with E-state index in [2.05, 4.69) is 36.1 Å². The molecule has 0 saturated heterocycles. The Kier molecular flexibility index (Phi) is 4.85. The van der Waals surface area contributed by atoms with Gasteiger partial charge in [0.05, 0.1) is 36.7 Å². The average Bonchev–Trinajstić information content (AvgIpc) is 2.96. The Bertz CT molecular complexity index is 656. The first kappa shape index (κ1) is 14.7. The number of nitrogens with one attached hydrogen (secondary N) is 1. The van der Waals surface area contributed by atoms with Crippen molar-refractivity contribution in [3.8, 4) is 0 Å². The fraction of sp³-hybridized carbons (Fsp3) is 0.273. The number of methoxy groups -OCH3 is 1. The molecule has 0 unspecified atom stereocenters. The largest absolute Gasteiger partial charge is 0.468 e. The lowest BCUT2D eigenvalue weighted by atomic mass is 10.4. The number of hydrogen-bond donors (Lipinski definition) is 1. The van der Waals surface area contributed by atoms with E-state index in [0.717, 1.165) is 10.4 Å². The van der Waals surface area contributed by atoms with Crippen LogP contribution >= 0.6 is 27.3 Å². The van der Waals surface area contributed by atoms with Crippen LogP contribution in [0.2, 0.25) is 0 Å². The lowest BCUT2D eigenvalue weighted by Crippen LogP contribution is -2.28. The van der Waals surface area contributed by atoms with Gasteiger partial charge >= 0.3 is 5.97 Å². The number of anilines is 1. The fourth-order valence-corrected chi connectivity index (χ4v) is 2.40. The van der Waals surface area contributed by atoms with E-state index in [1.165, 1.54) is 24.6 Å². The van der Waals surface area contributed by atoms with Crippen LogP contribution in [0.15, 0.2) is 26.4 Å². The van der Waals surface area contributed by atoms with E-state index in [1.54, 1.807) is 5.51 Å². The van der Waals surface area contributed by atoms with Crippen LogP contribution in [-0.4, -0.2) is 27.8 Å². The summed E-state index contributed by atoms with van der Waals surface area (Å²) >= 11 is 4.70. The SMILES string of the molecule is COC(=O)Cn1ncc(NCc2cscn2)c(Br)c1=O. The molecule has 0 saturated carbocycles. The number of rotatable bonds is 5. The van der Waals surface area contributed by atoms with Crippen molar-refractivity contribution in [1.82, 2.24) is 14.8 Å². The minimum atomic E-state index is -0.533. The molecule has 0 bridgehead atoms. The highest BCUT2D eigenvalue weighted by Crippen LogP contribution is 2.17. The summed E-state index contributed by atoms with van der Waals surface area (Å²) in [4.78, 5) is 27.3. The quantitative estimate of drug-likeness (QED) is 0.809. The third kappa shape index (κ3) is 3.42. The van der Waals surface area contributed by atoms with E-state index in [-0.39, 0.29) is 6.54 Å². The van der Waals surface area contributed by atoms with Gasteiger partial charge in [0, 0.05) is 5.38 Å². The fourth-order valence-electron chi connectivity index (χ4n) is 1.40. The van der Waals surface area contributed by atoms with Crippen LogP contribution in [0.25, 0.3) is 0 Å². The van der Waals surface area contributed by atoms with Gasteiger partial charge in [-0.1, -0.05) is 0 Å². The van der Waals surface area contributed by atoms with Gasteiger partial charge in [0.15, 0.2) is 0 Å². The van der Waals surface area contributed by atoms with Crippen molar-refractivity contribution in [2.24, 2.45) is 0 Å². The van der Waals surface area contributed by atoms with E-state index in [0.29, 0.717) is 16.7 Å². The number of esters is 1. The van der Waals surface area contributed by atoms with Gasteiger partial charge < -0.3 is 10.1 Å². The highest BCUT2D eigenvalue weighted by Gasteiger charge is 2.11. The van der Waals surface area contributed by atoms with E-state index < -0.39 is 11.5 Å². The Morgan fingerprint density at radius 1 is 1.60 bits per heavy atom. The van der Waals surface area contributed by atoms with Gasteiger partial charge in [-0.15, -0.1) is 11.3 Å². The van der Waals surface area contributed by atoms with Gasteiger partial charge in [0.2, 0.25) is 0 Å². The van der Waals surface area contributed by atoms with E-state index in [1.807, 2.05) is 5.38 Å². The number of nitrogens with zero attached hydrogens (tertiary/aromatic N) is 3. The van der Waals surface area contributed by atoms with Gasteiger partial charge in [0.1, 0.15) is 11.0 Å². The molecule has 2 rings (SSSR count). The van der Waals surface area contributed by atoms with Crippen LogP contribution in [-0.2, 0) is 22.6 Å². The van der Waals surface area contributed by atoms with Gasteiger partial charge in [-0.05, 0) is 15.9 Å². The first-order valence-corrected chi connectivity index (χ1v) is 7.28. The summed E-state index contributed by atoms with van der Waals surface area (Å²) in [5.41, 5.74) is 2.75. The van der Waals surface area contributed by atoms with Crippen molar-refractivity contribution in [2.45, 2.75) is 13.1 Å². The van der Waals surface area contributed by atoms with E-state index >= 15 is 0 Å². The Hall–Kier alpha value is -1.74. The maximum Gasteiger partial charge on any atom is 0.327 e. The summed E-state index contributed by atoms with van der Waals surface area (Å²) in [6, 6.07) is 0. The Balaban J connectivity index is 2.14. The van der Waals surface area contributed by atoms with Crippen LogP contribution in [0.3, 0.4) is 0 Å². The van der Waals surface area contributed by atoms with Crippen molar-refractivity contribution in [1.29, 1.82) is 0 Å². The third-order valence-corrected chi connectivity index (χ3v) is 3.84. The highest BCUT2D eigenvalue weighted by atomic mass is 79.9. The molecule has 2 aromatic rings. The van der Waals surface area contributed by atoms with E-state index in [4.69, 9.17) is 0 Å². The molecule has 0 fully saturated rings. The molecule has 1 N–H and O–H groups in total. The zero-order valence-electron chi connectivity index (χ0n) is 10.5. The lowest BCUT2D eigenvalue weighted by molar-refractivity contribution is -0.141. The summed E-state index contributed by atoms with van der Waals surface area (Å²) in [6.45, 7) is 0.268. The number of carbonyl (C=O) groups excluding carboxylic acids is 1.